The predicted octanol–water partition coefficient (Wildman–Crippen LogP) is 7.92. The second kappa shape index (κ2) is 21.0. The van der Waals surface area contributed by atoms with E-state index in [1.165, 1.54) is 57.8 Å². The van der Waals surface area contributed by atoms with Crippen LogP contribution in [0.2, 0.25) is 0 Å². The molecule has 1 heterocycles. The van der Waals surface area contributed by atoms with E-state index in [-0.39, 0.29) is 48.8 Å². The van der Waals surface area contributed by atoms with Crippen molar-refractivity contribution >= 4 is 17.8 Å². The average Bonchev–Trinajstić information content (AvgIpc) is 2.99. The van der Waals surface area contributed by atoms with Crippen molar-refractivity contribution in [1.82, 2.24) is 10.6 Å². The van der Waals surface area contributed by atoms with Gasteiger partial charge in [0.15, 0.2) is 5.79 Å². The molecule has 8 heteroatoms. The Kier molecular flexibility index (Phi) is 18.4. The molecular formula is C37H66N2O6. The zero-order valence-electron chi connectivity index (χ0n) is 29.6. The summed E-state index contributed by atoms with van der Waals surface area (Å²) >= 11 is 0. The summed E-state index contributed by atoms with van der Waals surface area (Å²) in [5.41, 5.74) is -0.477. The van der Waals surface area contributed by atoms with E-state index in [2.05, 4.69) is 29.7 Å². The van der Waals surface area contributed by atoms with Crippen LogP contribution in [0.25, 0.3) is 0 Å². The van der Waals surface area contributed by atoms with Crippen molar-refractivity contribution in [3.63, 3.8) is 0 Å². The van der Waals surface area contributed by atoms with Crippen LogP contribution in [0, 0.1) is 11.3 Å². The molecule has 260 valence electrons. The fourth-order valence-corrected chi connectivity index (χ4v) is 6.13. The van der Waals surface area contributed by atoms with Crippen LogP contribution in [0.5, 0.6) is 0 Å². The lowest BCUT2D eigenvalue weighted by molar-refractivity contribution is -0.304. The molecule has 0 radical (unpaired) electrons. The molecule has 0 bridgehead atoms. The monoisotopic (exact) mass is 634 g/mol. The molecule has 1 aliphatic carbocycles. The average molecular weight is 635 g/mol. The van der Waals surface area contributed by atoms with Crippen molar-refractivity contribution in [1.29, 1.82) is 0 Å². The molecule has 0 aromatic carbocycles. The van der Waals surface area contributed by atoms with Gasteiger partial charge in [-0.05, 0) is 65.2 Å². The van der Waals surface area contributed by atoms with E-state index in [4.69, 9.17) is 14.2 Å². The molecule has 45 heavy (non-hydrogen) atoms. The second-order valence-corrected chi connectivity index (χ2v) is 14.6. The molecule has 2 unspecified atom stereocenters. The number of carbonyl (C=O) groups excluding carboxylic acids is 3. The van der Waals surface area contributed by atoms with Crippen molar-refractivity contribution in [2.24, 2.45) is 11.3 Å². The van der Waals surface area contributed by atoms with E-state index in [0.717, 1.165) is 51.4 Å². The number of amides is 2. The second-order valence-electron chi connectivity index (χ2n) is 14.6. The van der Waals surface area contributed by atoms with Crippen LogP contribution in [0.3, 0.4) is 0 Å². The van der Waals surface area contributed by atoms with Gasteiger partial charge in [-0.1, -0.05) is 97.6 Å². The van der Waals surface area contributed by atoms with Gasteiger partial charge in [-0.3, -0.25) is 14.4 Å². The number of unbranched alkanes of at least 4 members (excludes halogenated alkanes) is 10. The molecule has 2 rings (SSSR count). The molecule has 1 aliphatic heterocycles. The molecule has 2 fully saturated rings. The summed E-state index contributed by atoms with van der Waals surface area (Å²) in [6.45, 7) is 12.3. The van der Waals surface area contributed by atoms with Gasteiger partial charge in [-0.15, -0.1) is 0 Å². The van der Waals surface area contributed by atoms with Gasteiger partial charge >= 0.3 is 5.97 Å². The first-order chi connectivity index (χ1) is 21.4. The smallest absolute Gasteiger partial charge is 0.307 e. The van der Waals surface area contributed by atoms with Gasteiger partial charge in [0.05, 0.1) is 19.1 Å². The minimum absolute atomic E-state index is 0.0508. The third-order valence-corrected chi connectivity index (χ3v) is 9.18. The summed E-state index contributed by atoms with van der Waals surface area (Å²) in [6, 6.07) is -0.158. The molecule has 2 N–H and O–H groups in total. The zero-order valence-corrected chi connectivity index (χ0v) is 29.6. The van der Waals surface area contributed by atoms with E-state index in [0.29, 0.717) is 6.61 Å². The summed E-state index contributed by atoms with van der Waals surface area (Å²) in [5, 5.41) is 6.02. The minimum atomic E-state index is -0.835. The van der Waals surface area contributed by atoms with Crippen LogP contribution in [0.15, 0.2) is 12.2 Å². The number of ether oxygens (including phenoxy) is 3. The van der Waals surface area contributed by atoms with Crippen LogP contribution < -0.4 is 10.6 Å². The Balaban J connectivity index is 1.60. The van der Waals surface area contributed by atoms with Crippen molar-refractivity contribution in [2.75, 3.05) is 13.2 Å². The van der Waals surface area contributed by atoms with Gasteiger partial charge < -0.3 is 24.8 Å². The highest BCUT2D eigenvalue weighted by Crippen LogP contribution is 2.35. The lowest BCUT2D eigenvalue weighted by Crippen LogP contribution is -2.56. The molecule has 8 nitrogen and oxygen atoms in total. The van der Waals surface area contributed by atoms with Crippen molar-refractivity contribution in [2.45, 2.75) is 181 Å². The van der Waals surface area contributed by atoms with E-state index in [1.807, 2.05) is 20.8 Å². The van der Waals surface area contributed by atoms with Gasteiger partial charge in [0.2, 0.25) is 11.8 Å². The SMILES string of the molecule is CCCCCCCC/C=C\CCCCCCC(C)C(=O)N[C@H]1CCCC[C@@H]1OC(=O)CCNC(=O)C1OC(C)(C)OCC1(C)C. The van der Waals surface area contributed by atoms with E-state index in [9.17, 15) is 14.4 Å². The van der Waals surface area contributed by atoms with E-state index < -0.39 is 17.3 Å². The molecule has 0 spiro atoms. The Hall–Kier alpha value is -1.93. The molecule has 4 atom stereocenters. The van der Waals surface area contributed by atoms with E-state index >= 15 is 0 Å². The van der Waals surface area contributed by atoms with Gasteiger partial charge in [0.25, 0.3) is 0 Å². The number of nitrogens with one attached hydrogen (secondary N) is 2. The molecule has 0 aromatic rings. The quantitative estimate of drug-likeness (QED) is 0.0755. The third-order valence-electron chi connectivity index (χ3n) is 9.18. The van der Waals surface area contributed by atoms with Crippen LogP contribution in [-0.4, -0.2) is 55.0 Å². The molecule has 1 saturated heterocycles. The molecule has 1 saturated carbocycles. The van der Waals surface area contributed by atoms with Crippen LogP contribution in [-0.2, 0) is 28.6 Å². The Labute approximate surface area is 274 Å². The Morgan fingerprint density at radius 1 is 0.889 bits per heavy atom. The van der Waals surface area contributed by atoms with Crippen molar-refractivity contribution in [3.8, 4) is 0 Å². The highest BCUT2D eigenvalue weighted by molar-refractivity contribution is 5.82. The third kappa shape index (κ3) is 16.0. The first-order valence-electron chi connectivity index (χ1n) is 18.2. The van der Waals surface area contributed by atoms with Crippen molar-refractivity contribution < 1.29 is 28.6 Å². The number of hydrogen-bond acceptors (Lipinski definition) is 6. The number of allylic oxidation sites excluding steroid dienone is 2. The largest absolute Gasteiger partial charge is 0.460 e. The Morgan fingerprint density at radius 2 is 1.51 bits per heavy atom. The maximum Gasteiger partial charge on any atom is 0.307 e. The first kappa shape index (κ1) is 39.2. The highest BCUT2D eigenvalue weighted by Gasteiger charge is 2.45. The van der Waals surface area contributed by atoms with Crippen LogP contribution in [0.1, 0.15) is 157 Å². The lowest BCUT2D eigenvalue weighted by Gasteiger charge is -2.44. The maximum atomic E-state index is 13.0. The fraction of sp³-hybridized carbons (Fsp3) is 0.865. The van der Waals surface area contributed by atoms with Gasteiger partial charge in [-0.25, -0.2) is 0 Å². The summed E-state index contributed by atoms with van der Waals surface area (Å²) in [7, 11) is 0. The van der Waals surface area contributed by atoms with Gasteiger partial charge in [0, 0.05) is 17.9 Å². The number of hydrogen-bond donors (Lipinski definition) is 2. The lowest BCUT2D eigenvalue weighted by atomic mass is 9.85. The van der Waals surface area contributed by atoms with Crippen LogP contribution >= 0.6 is 0 Å². The molecular weight excluding hydrogens is 568 g/mol. The van der Waals surface area contributed by atoms with Gasteiger partial charge in [0.1, 0.15) is 12.2 Å². The molecule has 2 aliphatic rings. The Bertz CT molecular complexity index is 901. The summed E-state index contributed by atoms with van der Waals surface area (Å²) in [5.74, 6) is -1.46. The fourth-order valence-electron chi connectivity index (χ4n) is 6.13. The first-order valence-corrected chi connectivity index (χ1v) is 18.2. The Morgan fingerprint density at radius 3 is 2.20 bits per heavy atom. The number of carbonyl (C=O) groups is 3. The van der Waals surface area contributed by atoms with Crippen molar-refractivity contribution in [3.05, 3.63) is 12.2 Å². The highest BCUT2D eigenvalue weighted by atomic mass is 16.7. The normalized spacial score (nSPS) is 23.4. The predicted molar refractivity (Wildman–Crippen MR) is 181 cm³/mol. The van der Waals surface area contributed by atoms with E-state index in [1.54, 1.807) is 13.8 Å². The molecule has 2 amide bonds. The summed E-state index contributed by atoms with van der Waals surface area (Å²) in [6.07, 6.45) is 23.3. The topological polar surface area (TPSA) is 103 Å². The number of rotatable bonds is 21. The summed E-state index contributed by atoms with van der Waals surface area (Å²) in [4.78, 5) is 38.5. The van der Waals surface area contributed by atoms with Crippen LogP contribution in [0.4, 0.5) is 0 Å². The standard InChI is InChI=1S/C37H66N2O6/c1-7-8-9-10-11-12-13-14-15-16-17-18-19-20-23-29(2)34(41)39-30-24-21-22-25-31(30)44-32(40)26-27-38-35(42)33-36(3,4)28-43-37(5,6)45-33/h14-15,29-31,33H,7-13,16-28H2,1-6H3,(H,38,42)(H,39,41)/b15-14-/t29?,30-,31-,33?/m0/s1. The molecule has 0 aromatic heterocycles. The minimum Gasteiger partial charge on any atom is -0.460 e. The zero-order chi connectivity index (χ0) is 33.1. The summed E-state index contributed by atoms with van der Waals surface area (Å²) < 4.78 is 17.4. The number of esters is 1. The maximum absolute atomic E-state index is 13.0. The van der Waals surface area contributed by atoms with Gasteiger partial charge in [-0.2, -0.15) is 0 Å².